The average Bonchev–Trinajstić information content (AvgIpc) is 3.17. The van der Waals surface area contributed by atoms with E-state index in [9.17, 15) is 14.0 Å². The van der Waals surface area contributed by atoms with Gasteiger partial charge in [0.25, 0.3) is 5.91 Å². The smallest absolute Gasteiger partial charge is 0.263 e. The monoisotopic (exact) mass is 440 g/mol. The van der Waals surface area contributed by atoms with Crippen LogP contribution in [-0.2, 0) is 16.0 Å². The summed E-state index contributed by atoms with van der Waals surface area (Å²) in [6, 6.07) is 14.2. The molecule has 0 unspecified atom stereocenters. The molecule has 162 valence electrons. The predicted molar refractivity (Wildman–Crippen MR) is 120 cm³/mol. The van der Waals surface area contributed by atoms with Crippen molar-refractivity contribution in [2.75, 3.05) is 33.8 Å². The summed E-state index contributed by atoms with van der Waals surface area (Å²) in [4.78, 5) is 29.8. The van der Waals surface area contributed by atoms with Crippen molar-refractivity contribution in [1.29, 1.82) is 0 Å². The molecule has 1 aliphatic rings. The largest absolute Gasteiger partial charge is 0.370 e. The average molecular weight is 441 g/mol. The number of hydrogen-bond donors (Lipinski definition) is 0. The normalized spacial score (nSPS) is 16.5. The molecule has 1 aliphatic heterocycles. The van der Waals surface area contributed by atoms with E-state index < -0.39 is 0 Å². The SMILES string of the molecule is CN(C)C(=O)c1sc2ccccc2c1[C@@H]1CN(C(=O)CCc2ccc(F)cc2)CCO1. The molecule has 1 aromatic heterocycles. The summed E-state index contributed by atoms with van der Waals surface area (Å²) in [7, 11) is 3.48. The second-order valence-electron chi connectivity index (χ2n) is 7.87. The first kappa shape index (κ1) is 21.5. The van der Waals surface area contributed by atoms with Crippen LogP contribution < -0.4 is 0 Å². The highest BCUT2D eigenvalue weighted by atomic mass is 32.1. The van der Waals surface area contributed by atoms with Gasteiger partial charge in [-0.05, 0) is 35.6 Å². The molecule has 1 atom stereocenters. The highest BCUT2D eigenvalue weighted by Crippen LogP contribution is 2.38. The van der Waals surface area contributed by atoms with Gasteiger partial charge in [-0.2, -0.15) is 0 Å². The van der Waals surface area contributed by atoms with Crippen LogP contribution >= 0.6 is 11.3 Å². The van der Waals surface area contributed by atoms with Crippen molar-refractivity contribution >= 4 is 33.2 Å². The number of ether oxygens (including phenoxy) is 1. The molecule has 2 amide bonds. The summed E-state index contributed by atoms with van der Waals surface area (Å²) in [5, 5.41) is 1.00. The van der Waals surface area contributed by atoms with E-state index in [0.29, 0.717) is 37.4 Å². The van der Waals surface area contributed by atoms with Crippen molar-refractivity contribution in [3.63, 3.8) is 0 Å². The van der Waals surface area contributed by atoms with E-state index in [1.165, 1.54) is 23.5 Å². The fourth-order valence-corrected chi connectivity index (χ4v) is 5.13. The van der Waals surface area contributed by atoms with Crippen LogP contribution in [-0.4, -0.2) is 55.4 Å². The minimum atomic E-state index is -0.349. The van der Waals surface area contributed by atoms with E-state index in [2.05, 4.69) is 0 Å². The Balaban J connectivity index is 1.53. The molecule has 0 N–H and O–H groups in total. The molecule has 0 bridgehead atoms. The Labute approximate surface area is 185 Å². The van der Waals surface area contributed by atoms with Gasteiger partial charge in [-0.15, -0.1) is 11.3 Å². The van der Waals surface area contributed by atoms with E-state index in [1.54, 1.807) is 31.1 Å². The summed E-state index contributed by atoms with van der Waals surface area (Å²) in [5.74, 6) is -0.297. The van der Waals surface area contributed by atoms with E-state index in [-0.39, 0.29) is 23.7 Å². The topological polar surface area (TPSA) is 49.9 Å². The molecule has 0 saturated carbocycles. The summed E-state index contributed by atoms with van der Waals surface area (Å²) in [6.07, 6.45) is 0.567. The van der Waals surface area contributed by atoms with Gasteiger partial charge in [0.1, 0.15) is 11.9 Å². The number of carbonyl (C=O) groups is 2. The number of thiophene rings is 1. The first-order valence-corrected chi connectivity index (χ1v) is 11.1. The second-order valence-corrected chi connectivity index (χ2v) is 8.92. The number of rotatable bonds is 5. The lowest BCUT2D eigenvalue weighted by Crippen LogP contribution is -2.42. The number of carbonyl (C=O) groups excluding carboxylic acids is 2. The van der Waals surface area contributed by atoms with Crippen LogP contribution in [0.4, 0.5) is 4.39 Å². The molecule has 2 aromatic carbocycles. The predicted octanol–water partition coefficient (Wildman–Crippen LogP) is 4.27. The molecule has 1 saturated heterocycles. The molecule has 0 radical (unpaired) electrons. The Hall–Kier alpha value is -2.77. The van der Waals surface area contributed by atoms with Gasteiger partial charge in [0.05, 0.1) is 18.0 Å². The number of halogens is 1. The summed E-state index contributed by atoms with van der Waals surface area (Å²) in [6.45, 7) is 1.36. The zero-order chi connectivity index (χ0) is 22.0. The molecule has 1 fully saturated rings. The molecule has 5 nitrogen and oxygen atoms in total. The zero-order valence-electron chi connectivity index (χ0n) is 17.6. The van der Waals surface area contributed by atoms with Gasteiger partial charge in [0.15, 0.2) is 0 Å². The lowest BCUT2D eigenvalue weighted by Gasteiger charge is -2.33. The van der Waals surface area contributed by atoms with Crippen molar-refractivity contribution in [3.8, 4) is 0 Å². The molecule has 31 heavy (non-hydrogen) atoms. The highest BCUT2D eigenvalue weighted by molar-refractivity contribution is 7.21. The zero-order valence-corrected chi connectivity index (χ0v) is 18.5. The molecular weight excluding hydrogens is 415 g/mol. The van der Waals surface area contributed by atoms with Crippen molar-refractivity contribution in [2.45, 2.75) is 18.9 Å². The molecule has 3 aromatic rings. The Morgan fingerprint density at radius 3 is 2.65 bits per heavy atom. The number of amides is 2. The summed E-state index contributed by atoms with van der Waals surface area (Å²) in [5.41, 5.74) is 1.80. The van der Waals surface area contributed by atoms with Gasteiger partial charge in [-0.3, -0.25) is 9.59 Å². The number of nitrogens with zero attached hydrogens (tertiary/aromatic N) is 2. The van der Waals surface area contributed by atoms with E-state index in [4.69, 9.17) is 4.74 Å². The number of morpholine rings is 1. The van der Waals surface area contributed by atoms with Crippen LogP contribution in [0.3, 0.4) is 0 Å². The van der Waals surface area contributed by atoms with E-state index in [0.717, 1.165) is 21.2 Å². The number of hydrogen-bond acceptors (Lipinski definition) is 4. The van der Waals surface area contributed by atoms with Gasteiger partial charge in [0, 0.05) is 37.3 Å². The first-order chi connectivity index (χ1) is 14.9. The third kappa shape index (κ3) is 4.62. The first-order valence-electron chi connectivity index (χ1n) is 10.3. The Morgan fingerprint density at radius 2 is 1.90 bits per heavy atom. The minimum absolute atomic E-state index is 0.0395. The summed E-state index contributed by atoms with van der Waals surface area (Å²) < 4.78 is 20.2. The van der Waals surface area contributed by atoms with Gasteiger partial charge < -0.3 is 14.5 Å². The van der Waals surface area contributed by atoms with Crippen LogP contribution in [0.5, 0.6) is 0 Å². The number of fused-ring (bicyclic) bond motifs is 1. The fourth-order valence-electron chi connectivity index (χ4n) is 3.86. The Kier molecular flexibility index (Phi) is 6.34. The molecule has 0 spiro atoms. The maximum atomic E-state index is 13.1. The lowest BCUT2D eigenvalue weighted by atomic mass is 10.0. The van der Waals surface area contributed by atoms with Gasteiger partial charge >= 0.3 is 0 Å². The van der Waals surface area contributed by atoms with Crippen molar-refractivity contribution in [1.82, 2.24) is 9.80 Å². The van der Waals surface area contributed by atoms with Gasteiger partial charge in [-0.25, -0.2) is 4.39 Å². The van der Waals surface area contributed by atoms with Crippen LogP contribution in [0.25, 0.3) is 10.1 Å². The highest BCUT2D eigenvalue weighted by Gasteiger charge is 2.31. The standard InChI is InChI=1S/C24H25FN2O3S/c1-26(2)24(29)23-22(18-5-3-4-6-20(18)31-23)19-15-27(13-14-30-19)21(28)12-9-16-7-10-17(25)11-8-16/h3-8,10-11,19H,9,12-15H2,1-2H3/t19-/m0/s1. The number of aryl methyl sites for hydroxylation is 1. The molecular formula is C24H25FN2O3S. The Bertz CT molecular complexity index is 1090. The van der Waals surface area contributed by atoms with Gasteiger partial charge in [-0.1, -0.05) is 30.3 Å². The van der Waals surface area contributed by atoms with Crippen molar-refractivity contribution < 1.29 is 18.7 Å². The van der Waals surface area contributed by atoms with E-state index >= 15 is 0 Å². The van der Waals surface area contributed by atoms with Crippen LogP contribution in [0.1, 0.15) is 33.3 Å². The molecule has 7 heteroatoms. The van der Waals surface area contributed by atoms with Crippen molar-refractivity contribution in [2.24, 2.45) is 0 Å². The maximum Gasteiger partial charge on any atom is 0.263 e. The third-order valence-corrected chi connectivity index (χ3v) is 6.69. The van der Waals surface area contributed by atoms with Crippen molar-refractivity contribution in [3.05, 3.63) is 70.4 Å². The molecule has 4 rings (SSSR count). The second kappa shape index (κ2) is 9.16. The summed E-state index contributed by atoms with van der Waals surface area (Å²) >= 11 is 1.47. The number of benzene rings is 2. The van der Waals surface area contributed by atoms with Crippen LogP contribution in [0.15, 0.2) is 48.5 Å². The Morgan fingerprint density at radius 1 is 1.16 bits per heavy atom. The third-order valence-electron chi connectivity index (χ3n) is 5.52. The fraction of sp³-hybridized carbons (Fsp3) is 0.333. The molecule has 0 aliphatic carbocycles. The minimum Gasteiger partial charge on any atom is -0.370 e. The van der Waals surface area contributed by atoms with E-state index in [1.807, 2.05) is 29.2 Å². The lowest BCUT2D eigenvalue weighted by molar-refractivity contribution is -0.138. The molecule has 2 heterocycles. The maximum absolute atomic E-state index is 13.1. The quantitative estimate of drug-likeness (QED) is 0.595. The van der Waals surface area contributed by atoms with Gasteiger partial charge in [0.2, 0.25) is 5.91 Å². The van der Waals surface area contributed by atoms with Crippen LogP contribution in [0.2, 0.25) is 0 Å². The van der Waals surface area contributed by atoms with Crippen LogP contribution in [0, 0.1) is 5.82 Å².